The molecule has 0 saturated carbocycles. The number of amides is 2. The van der Waals surface area contributed by atoms with Gasteiger partial charge in [-0.25, -0.2) is 15.0 Å². The Balaban J connectivity index is 1.41. The van der Waals surface area contributed by atoms with E-state index in [0.29, 0.717) is 43.4 Å². The summed E-state index contributed by atoms with van der Waals surface area (Å²) < 4.78 is 0. The lowest BCUT2D eigenvalue weighted by Crippen LogP contribution is -2.40. The van der Waals surface area contributed by atoms with Gasteiger partial charge in [0.15, 0.2) is 0 Å². The fourth-order valence-electron chi connectivity index (χ4n) is 4.45. The molecular formula is C24H24N6O2. The molecule has 1 fully saturated rings. The van der Waals surface area contributed by atoms with Gasteiger partial charge in [0, 0.05) is 42.7 Å². The van der Waals surface area contributed by atoms with Crippen molar-refractivity contribution in [2.24, 2.45) is 0 Å². The molecule has 1 unspecified atom stereocenters. The van der Waals surface area contributed by atoms with Crippen LogP contribution in [0.2, 0.25) is 0 Å². The van der Waals surface area contributed by atoms with Crippen LogP contribution in [0.5, 0.6) is 0 Å². The molecule has 3 aromatic rings. The first-order valence-corrected chi connectivity index (χ1v) is 10.9. The summed E-state index contributed by atoms with van der Waals surface area (Å²) in [5, 5.41) is 0. The third-order valence-electron chi connectivity index (χ3n) is 6.13. The molecule has 0 spiro atoms. The summed E-state index contributed by atoms with van der Waals surface area (Å²) in [6, 6.07) is 9.93. The highest BCUT2D eigenvalue weighted by Gasteiger charge is 2.34. The maximum absolute atomic E-state index is 12.9. The van der Waals surface area contributed by atoms with Gasteiger partial charge in [0.25, 0.3) is 5.91 Å². The van der Waals surface area contributed by atoms with Gasteiger partial charge < -0.3 is 4.90 Å². The van der Waals surface area contributed by atoms with Gasteiger partial charge in [-0.3, -0.25) is 19.5 Å². The zero-order valence-corrected chi connectivity index (χ0v) is 17.9. The van der Waals surface area contributed by atoms with Gasteiger partial charge in [0.05, 0.1) is 19.2 Å². The SMILES string of the molecule is Cc1nc(C2CCCN(C(=O)c3cnccn3)C2)nc2c1CC(=O)N2Cc1ccccc1. The van der Waals surface area contributed by atoms with Crippen molar-refractivity contribution in [3.8, 4) is 0 Å². The first kappa shape index (κ1) is 20.2. The molecular weight excluding hydrogens is 404 g/mol. The number of rotatable bonds is 4. The number of anilines is 1. The van der Waals surface area contributed by atoms with Crippen molar-refractivity contribution in [1.29, 1.82) is 0 Å². The zero-order valence-electron chi connectivity index (χ0n) is 17.9. The van der Waals surface area contributed by atoms with Crippen LogP contribution >= 0.6 is 0 Å². The molecule has 1 saturated heterocycles. The second-order valence-electron chi connectivity index (χ2n) is 8.29. The number of nitrogens with zero attached hydrogens (tertiary/aromatic N) is 6. The van der Waals surface area contributed by atoms with Crippen molar-refractivity contribution in [2.75, 3.05) is 18.0 Å². The minimum Gasteiger partial charge on any atom is -0.337 e. The van der Waals surface area contributed by atoms with E-state index in [4.69, 9.17) is 9.97 Å². The smallest absolute Gasteiger partial charge is 0.274 e. The van der Waals surface area contributed by atoms with Gasteiger partial charge in [0.1, 0.15) is 17.3 Å². The van der Waals surface area contributed by atoms with E-state index < -0.39 is 0 Å². The summed E-state index contributed by atoms with van der Waals surface area (Å²) in [7, 11) is 0. The molecule has 0 bridgehead atoms. The van der Waals surface area contributed by atoms with E-state index in [9.17, 15) is 9.59 Å². The van der Waals surface area contributed by atoms with Gasteiger partial charge in [-0.05, 0) is 25.3 Å². The maximum atomic E-state index is 12.9. The number of fused-ring (bicyclic) bond motifs is 1. The fourth-order valence-corrected chi connectivity index (χ4v) is 4.45. The summed E-state index contributed by atoms with van der Waals surface area (Å²) >= 11 is 0. The standard InChI is InChI=1S/C24H24N6O2/c1-16-19-12-21(31)30(14-17-6-3-2-4-7-17)23(19)28-22(27-16)18-8-5-11-29(15-18)24(32)20-13-25-9-10-26-20/h2-4,6-7,9-10,13,18H,5,8,11-12,14-15H2,1H3. The van der Waals surface area contributed by atoms with Crippen LogP contribution in [0.25, 0.3) is 0 Å². The van der Waals surface area contributed by atoms with Gasteiger partial charge >= 0.3 is 0 Å². The van der Waals surface area contributed by atoms with Crippen molar-refractivity contribution >= 4 is 17.6 Å². The molecule has 8 heteroatoms. The molecule has 0 aliphatic carbocycles. The van der Waals surface area contributed by atoms with Crippen molar-refractivity contribution < 1.29 is 9.59 Å². The summed E-state index contributed by atoms with van der Waals surface area (Å²) in [5.41, 5.74) is 3.15. The molecule has 2 aliphatic rings. The monoisotopic (exact) mass is 428 g/mol. The lowest BCUT2D eigenvalue weighted by molar-refractivity contribution is -0.117. The van der Waals surface area contributed by atoms with E-state index in [-0.39, 0.29) is 17.7 Å². The molecule has 0 N–H and O–H groups in total. The molecule has 1 aromatic carbocycles. The first-order chi connectivity index (χ1) is 15.6. The summed E-state index contributed by atoms with van der Waals surface area (Å²) in [5.74, 6) is 1.34. The summed E-state index contributed by atoms with van der Waals surface area (Å²) in [4.78, 5) is 46.9. The molecule has 0 radical (unpaired) electrons. The molecule has 2 aliphatic heterocycles. The Morgan fingerprint density at radius 2 is 2.00 bits per heavy atom. The van der Waals surface area contributed by atoms with Crippen molar-refractivity contribution in [3.05, 3.63) is 77.3 Å². The minimum absolute atomic E-state index is 0.0163. The Kier molecular flexibility index (Phi) is 5.34. The molecule has 8 nitrogen and oxygen atoms in total. The van der Waals surface area contributed by atoms with Crippen LogP contribution in [-0.4, -0.2) is 49.7 Å². The van der Waals surface area contributed by atoms with E-state index in [0.717, 1.165) is 29.7 Å². The van der Waals surface area contributed by atoms with E-state index in [1.807, 2.05) is 37.3 Å². The number of aromatic nitrogens is 4. The quantitative estimate of drug-likeness (QED) is 0.634. The predicted molar refractivity (Wildman–Crippen MR) is 118 cm³/mol. The van der Waals surface area contributed by atoms with Gasteiger partial charge in [0.2, 0.25) is 5.91 Å². The van der Waals surface area contributed by atoms with Gasteiger partial charge in [-0.1, -0.05) is 30.3 Å². The topological polar surface area (TPSA) is 92.2 Å². The van der Waals surface area contributed by atoms with Crippen LogP contribution in [0.4, 0.5) is 5.82 Å². The number of likely N-dealkylation sites (tertiary alicyclic amines) is 1. The second kappa shape index (κ2) is 8.45. The molecule has 162 valence electrons. The summed E-state index contributed by atoms with van der Waals surface area (Å²) in [6.07, 6.45) is 6.67. The number of aryl methyl sites for hydroxylation is 1. The Hall–Kier alpha value is -3.68. The Bertz CT molecular complexity index is 1150. The predicted octanol–water partition coefficient (Wildman–Crippen LogP) is 2.68. The lowest BCUT2D eigenvalue weighted by Gasteiger charge is -2.32. The maximum Gasteiger partial charge on any atom is 0.274 e. The number of hydrogen-bond donors (Lipinski definition) is 0. The number of piperidine rings is 1. The molecule has 32 heavy (non-hydrogen) atoms. The average Bonchev–Trinajstić information content (AvgIpc) is 3.15. The van der Waals surface area contributed by atoms with Gasteiger partial charge in [-0.15, -0.1) is 0 Å². The van der Waals surface area contributed by atoms with Crippen LogP contribution in [-0.2, 0) is 17.8 Å². The summed E-state index contributed by atoms with van der Waals surface area (Å²) in [6.45, 7) is 3.63. The van der Waals surface area contributed by atoms with Crippen molar-refractivity contribution in [3.63, 3.8) is 0 Å². The minimum atomic E-state index is -0.124. The first-order valence-electron chi connectivity index (χ1n) is 10.9. The molecule has 4 heterocycles. The van der Waals surface area contributed by atoms with E-state index in [2.05, 4.69) is 9.97 Å². The molecule has 2 amide bonds. The lowest BCUT2D eigenvalue weighted by atomic mass is 9.96. The van der Waals surface area contributed by atoms with E-state index in [1.165, 1.54) is 12.4 Å². The molecule has 5 rings (SSSR count). The Morgan fingerprint density at radius 3 is 2.78 bits per heavy atom. The third-order valence-corrected chi connectivity index (χ3v) is 6.13. The van der Waals surface area contributed by atoms with Crippen LogP contribution in [0, 0.1) is 6.92 Å². The van der Waals surface area contributed by atoms with Crippen LogP contribution < -0.4 is 4.90 Å². The average molecular weight is 428 g/mol. The highest BCUT2D eigenvalue weighted by Crippen LogP contribution is 2.33. The third kappa shape index (κ3) is 3.84. The fraction of sp³-hybridized carbons (Fsp3) is 0.333. The number of benzene rings is 1. The van der Waals surface area contributed by atoms with Crippen LogP contribution in [0.1, 0.15) is 51.9 Å². The molecule has 1 atom stereocenters. The number of carbonyl (C=O) groups is 2. The van der Waals surface area contributed by atoms with Crippen LogP contribution in [0.3, 0.4) is 0 Å². The van der Waals surface area contributed by atoms with Gasteiger partial charge in [-0.2, -0.15) is 0 Å². The number of hydrogen-bond acceptors (Lipinski definition) is 6. The van der Waals surface area contributed by atoms with Crippen LogP contribution in [0.15, 0.2) is 48.9 Å². The Labute approximate surface area is 186 Å². The van der Waals surface area contributed by atoms with E-state index in [1.54, 1.807) is 16.0 Å². The normalized spacial score (nSPS) is 18.0. The molecule has 2 aromatic heterocycles. The largest absolute Gasteiger partial charge is 0.337 e. The van der Waals surface area contributed by atoms with Crippen molar-refractivity contribution in [2.45, 2.75) is 38.6 Å². The Morgan fingerprint density at radius 1 is 1.16 bits per heavy atom. The second-order valence-corrected chi connectivity index (χ2v) is 8.29. The van der Waals surface area contributed by atoms with Crippen molar-refractivity contribution in [1.82, 2.24) is 24.8 Å². The number of carbonyl (C=O) groups excluding carboxylic acids is 2. The highest BCUT2D eigenvalue weighted by atomic mass is 16.2. The zero-order chi connectivity index (χ0) is 22.1. The highest BCUT2D eigenvalue weighted by molar-refractivity contribution is 6.00. The van der Waals surface area contributed by atoms with E-state index >= 15 is 0 Å².